The fourth-order valence-electron chi connectivity index (χ4n) is 2.84. The zero-order chi connectivity index (χ0) is 20.3. The number of amides is 1. The number of rotatable bonds is 6. The van der Waals surface area contributed by atoms with E-state index in [9.17, 15) is 13.2 Å². The average Bonchev–Trinajstić information content (AvgIpc) is 3.15. The van der Waals surface area contributed by atoms with Gasteiger partial charge in [-0.3, -0.25) is 9.52 Å². The number of benzene rings is 1. The van der Waals surface area contributed by atoms with Gasteiger partial charge >= 0.3 is 0 Å². The van der Waals surface area contributed by atoms with Crippen LogP contribution in [0, 0.1) is 0 Å². The Balaban J connectivity index is 1.84. The lowest BCUT2D eigenvalue weighted by molar-refractivity contribution is 0.102. The SMILES string of the molecule is COc1ccc(NC(=O)c2nc(N3CCCC3)ncc2Cl)cc1NS(C)(=O)=O. The van der Waals surface area contributed by atoms with Crippen LogP contribution >= 0.6 is 11.6 Å². The number of hydrogen-bond acceptors (Lipinski definition) is 7. The molecule has 2 N–H and O–H groups in total. The fourth-order valence-corrected chi connectivity index (χ4v) is 3.58. The number of halogens is 1. The topological polar surface area (TPSA) is 114 Å². The molecule has 1 aliphatic heterocycles. The van der Waals surface area contributed by atoms with Crippen molar-refractivity contribution in [1.82, 2.24) is 9.97 Å². The van der Waals surface area contributed by atoms with E-state index in [1.54, 1.807) is 12.1 Å². The van der Waals surface area contributed by atoms with Crippen molar-refractivity contribution in [3.8, 4) is 5.75 Å². The predicted octanol–water partition coefficient (Wildman–Crippen LogP) is 2.36. The Bertz CT molecular complexity index is 993. The summed E-state index contributed by atoms with van der Waals surface area (Å²) in [5, 5.41) is 2.80. The van der Waals surface area contributed by atoms with E-state index < -0.39 is 15.9 Å². The van der Waals surface area contributed by atoms with Crippen molar-refractivity contribution in [3.05, 3.63) is 35.1 Å². The highest BCUT2D eigenvalue weighted by Crippen LogP contribution is 2.29. The van der Waals surface area contributed by atoms with Crippen LogP contribution in [0.1, 0.15) is 23.3 Å². The zero-order valence-electron chi connectivity index (χ0n) is 15.4. The van der Waals surface area contributed by atoms with Gasteiger partial charge in [0.2, 0.25) is 16.0 Å². The number of anilines is 3. The smallest absolute Gasteiger partial charge is 0.276 e. The molecule has 2 heterocycles. The lowest BCUT2D eigenvalue weighted by Crippen LogP contribution is -2.23. The monoisotopic (exact) mass is 425 g/mol. The van der Waals surface area contributed by atoms with Gasteiger partial charge in [0.15, 0.2) is 5.69 Å². The van der Waals surface area contributed by atoms with E-state index in [4.69, 9.17) is 16.3 Å². The molecule has 150 valence electrons. The second-order valence-electron chi connectivity index (χ2n) is 6.30. The van der Waals surface area contributed by atoms with E-state index in [1.807, 2.05) is 4.90 Å². The molecule has 0 bridgehead atoms. The summed E-state index contributed by atoms with van der Waals surface area (Å²) in [6.45, 7) is 1.67. The van der Waals surface area contributed by atoms with Gasteiger partial charge in [0, 0.05) is 18.8 Å². The van der Waals surface area contributed by atoms with Gasteiger partial charge in [0.05, 0.1) is 30.3 Å². The van der Waals surface area contributed by atoms with Gasteiger partial charge in [-0.2, -0.15) is 0 Å². The summed E-state index contributed by atoms with van der Waals surface area (Å²) in [4.78, 5) is 23.2. The number of nitrogens with zero attached hydrogens (tertiary/aromatic N) is 3. The molecule has 0 unspecified atom stereocenters. The van der Waals surface area contributed by atoms with Crippen molar-refractivity contribution in [2.75, 3.05) is 41.4 Å². The van der Waals surface area contributed by atoms with Gasteiger partial charge in [-0.1, -0.05) is 11.6 Å². The number of methoxy groups -OCH3 is 1. The normalized spacial score (nSPS) is 14.0. The third-order valence-electron chi connectivity index (χ3n) is 4.09. The highest BCUT2D eigenvalue weighted by atomic mass is 35.5. The second kappa shape index (κ2) is 8.19. The Morgan fingerprint density at radius 2 is 2.00 bits per heavy atom. The molecule has 1 fully saturated rings. The van der Waals surface area contributed by atoms with E-state index in [2.05, 4.69) is 20.0 Å². The van der Waals surface area contributed by atoms with Crippen molar-refractivity contribution in [1.29, 1.82) is 0 Å². The molecule has 1 amide bonds. The molecule has 1 aromatic heterocycles. The molecule has 1 saturated heterocycles. The molecule has 0 atom stereocenters. The van der Waals surface area contributed by atoms with Gasteiger partial charge < -0.3 is 15.0 Å². The van der Waals surface area contributed by atoms with Crippen LogP contribution in [0.25, 0.3) is 0 Å². The van der Waals surface area contributed by atoms with E-state index >= 15 is 0 Å². The average molecular weight is 426 g/mol. The third kappa shape index (κ3) is 4.82. The molecule has 3 rings (SSSR count). The Labute approximate surface area is 168 Å². The van der Waals surface area contributed by atoms with Gasteiger partial charge in [-0.25, -0.2) is 18.4 Å². The first kappa shape index (κ1) is 20.2. The Morgan fingerprint density at radius 3 is 2.64 bits per heavy atom. The molecule has 2 aromatic rings. The summed E-state index contributed by atoms with van der Waals surface area (Å²) in [5.41, 5.74) is 0.607. The van der Waals surface area contributed by atoms with Gasteiger partial charge in [0.1, 0.15) is 5.75 Å². The highest BCUT2D eigenvalue weighted by molar-refractivity contribution is 7.92. The Morgan fingerprint density at radius 1 is 1.29 bits per heavy atom. The zero-order valence-corrected chi connectivity index (χ0v) is 17.0. The minimum absolute atomic E-state index is 0.0482. The van der Waals surface area contributed by atoms with Gasteiger partial charge in [-0.15, -0.1) is 0 Å². The van der Waals surface area contributed by atoms with Crippen molar-refractivity contribution >= 4 is 44.9 Å². The van der Waals surface area contributed by atoms with Crippen molar-refractivity contribution in [3.63, 3.8) is 0 Å². The first-order chi connectivity index (χ1) is 13.3. The minimum atomic E-state index is -3.52. The molecule has 9 nitrogen and oxygen atoms in total. The number of carbonyl (C=O) groups excluding carboxylic acids is 1. The predicted molar refractivity (Wildman–Crippen MR) is 108 cm³/mol. The van der Waals surface area contributed by atoms with Gasteiger partial charge in [0.25, 0.3) is 5.91 Å². The molecule has 28 heavy (non-hydrogen) atoms. The van der Waals surface area contributed by atoms with E-state index in [0.717, 1.165) is 32.2 Å². The van der Waals surface area contributed by atoms with Crippen LogP contribution < -0.4 is 19.7 Å². The van der Waals surface area contributed by atoms with Crippen molar-refractivity contribution < 1.29 is 17.9 Å². The van der Waals surface area contributed by atoms with Crippen LogP contribution in [0.15, 0.2) is 24.4 Å². The fraction of sp³-hybridized carbons (Fsp3) is 0.353. The minimum Gasteiger partial charge on any atom is -0.495 e. The van der Waals surface area contributed by atoms with E-state index in [0.29, 0.717) is 17.4 Å². The Hall–Kier alpha value is -2.59. The first-order valence-corrected chi connectivity index (χ1v) is 10.8. The van der Waals surface area contributed by atoms with Gasteiger partial charge in [-0.05, 0) is 31.0 Å². The largest absolute Gasteiger partial charge is 0.495 e. The molecule has 11 heteroatoms. The maximum atomic E-state index is 12.7. The molecule has 1 aromatic carbocycles. The Kier molecular flexibility index (Phi) is 5.90. The van der Waals surface area contributed by atoms with Crippen LogP contribution in [-0.2, 0) is 10.0 Å². The molecule has 1 aliphatic rings. The second-order valence-corrected chi connectivity index (χ2v) is 8.46. The molecule has 0 spiro atoms. The molecular formula is C17H20ClN5O4S. The first-order valence-electron chi connectivity index (χ1n) is 8.51. The standard InChI is InChI=1S/C17H20ClN5O4S/c1-27-14-6-5-11(9-13(14)22-28(2,25)26)20-16(24)15-12(18)10-19-17(21-15)23-7-3-4-8-23/h5-6,9-10,22H,3-4,7-8H2,1-2H3,(H,20,24). The van der Waals surface area contributed by atoms with E-state index in [-0.39, 0.29) is 16.4 Å². The lowest BCUT2D eigenvalue weighted by Gasteiger charge is -2.16. The highest BCUT2D eigenvalue weighted by Gasteiger charge is 2.20. The maximum Gasteiger partial charge on any atom is 0.276 e. The quantitative estimate of drug-likeness (QED) is 0.730. The molecule has 0 aliphatic carbocycles. The maximum absolute atomic E-state index is 12.7. The van der Waals surface area contributed by atoms with Crippen molar-refractivity contribution in [2.45, 2.75) is 12.8 Å². The molecular weight excluding hydrogens is 406 g/mol. The number of aromatic nitrogens is 2. The van der Waals surface area contributed by atoms with Crippen LogP contribution in [0.2, 0.25) is 5.02 Å². The number of sulfonamides is 1. The number of carbonyl (C=O) groups is 1. The van der Waals surface area contributed by atoms with Crippen LogP contribution in [0.4, 0.5) is 17.3 Å². The number of nitrogens with one attached hydrogen (secondary N) is 2. The van der Waals surface area contributed by atoms with E-state index in [1.165, 1.54) is 19.4 Å². The number of ether oxygens (including phenoxy) is 1. The summed E-state index contributed by atoms with van der Waals surface area (Å²) in [7, 11) is -2.10. The molecule has 0 radical (unpaired) electrons. The van der Waals surface area contributed by atoms with Crippen LogP contribution in [0.3, 0.4) is 0 Å². The summed E-state index contributed by atoms with van der Waals surface area (Å²) >= 11 is 6.11. The summed E-state index contributed by atoms with van der Waals surface area (Å²) in [5.74, 6) is 0.254. The summed E-state index contributed by atoms with van der Waals surface area (Å²) in [6, 6.07) is 4.58. The summed E-state index contributed by atoms with van der Waals surface area (Å²) in [6.07, 6.45) is 4.53. The molecule has 0 saturated carbocycles. The summed E-state index contributed by atoms with van der Waals surface area (Å²) < 4.78 is 30.6. The van der Waals surface area contributed by atoms with Crippen LogP contribution in [0.5, 0.6) is 5.75 Å². The third-order valence-corrected chi connectivity index (χ3v) is 4.96. The number of hydrogen-bond donors (Lipinski definition) is 2. The lowest BCUT2D eigenvalue weighted by atomic mass is 10.2. The van der Waals surface area contributed by atoms with Crippen molar-refractivity contribution in [2.24, 2.45) is 0 Å². The van der Waals surface area contributed by atoms with Crippen LogP contribution in [-0.4, -0.2) is 50.7 Å².